The van der Waals surface area contributed by atoms with E-state index >= 15 is 0 Å². The molecule has 0 aliphatic heterocycles. The first-order chi connectivity index (χ1) is 31.4. The lowest BCUT2D eigenvalue weighted by molar-refractivity contribution is 0.666. The molecule has 0 saturated heterocycles. The van der Waals surface area contributed by atoms with E-state index < -0.39 is 0 Å². The summed E-state index contributed by atoms with van der Waals surface area (Å²) in [4.78, 5) is 0. The highest BCUT2D eigenvalue weighted by molar-refractivity contribution is 6.13. The SMILES string of the molecule is CC.CC.CC.CC.CCC.CCCc1cccc(-c2cc3oc4c(-n5c6ccccc6c6ccccc65)cccc4c3cc2C)c1CCC.Cc1ccccc1-c1ccccc1C. The molecule has 0 amide bonds. The summed E-state index contributed by atoms with van der Waals surface area (Å²) in [5, 5.41) is 4.85. The first-order valence-electron chi connectivity index (χ1n) is 24.6. The first-order valence-corrected chi connectivity index (χ1v) is 24.6. The molecule has 2 heterocycles. The molecule has 2 nitrogen and oxygen atoms in total. The number of hydrogen-bond acceptors (Lipinski definition) is 1. The van der Waals surface area contributed by atoms with Crippen LogP contribution in [0.4, 0.5) is 0 Å². The number of hydrogen-bond donors (Lipinski definition) is 0. The average Bonchev–Trinajstić information content (AvgIpc) is 3.88. The molecule has 0 spiro atoms. The molecular weight excluding hydrogens is 775 g/mol. The second-order valence-electron chi connectivity index (χ2n) is 15.1. The van der Waals surface area contributed by atoms with Gasteiger partial charge in [-0.25, -0.2) is 0 Å². The molecule has 0 radical (unpaired) electrons. The van der Waals surface area contributed by atoms with Crippen molar-refractivity contribution in [3.8, 4) is 27.9 Å². The summed E-state index contributed by atoms with van der Waals surface area (Å²) >= 11 is 0. The number of furan rings is 1. The van der Waals surface area contributed by atoms with Crippen LogP contribution in [0.3, 0.4) is 0 Å². The number of fused-ring (bicyclic) bond motifs is 6. The van der Waals surface area contributed by atoms with E-state index in [1.54, 1.807) is 0 Å². The van der Waals surface area contributed by atoms with Crippen LogP contribution in [0.5, 0.6) is 0 Å². The van der Waals surface area contributed by atoms with Crippen LogP contribution in [0.1, 0.15) is 130 Å². The van der Waals surface area contributed by atoms with Gasteiger partial charge in [0.2, 0.25) is 0 Å². The van der Waals surface area contributed by atoms with Crippen molar-refractivity contribution in [1.29, 1.82) is 0 Å². The van der Waals surface area contributed by atoms with Crippen LogP contribution in [0.2, 0.25) is 0 Å². The topological polar surface area (TPSA) is 18.1 Å². The van der Waals surface area contributed by atoms with Gasteiger partial charge in [0.1, 0.15) is 5.58 Å². The second-order valence-corrected chi connectivity index (χ2v) is 15.1. The maximum atomic E-state index is 6.78. The predicted molar refractivity (Wildman–Crippen MR) is 289 cm³/mol. The molecule has 2 aromatic heterocycles. The van der Waals surface area contributed by atoms with E-state index in [2.05, 4.69) is 199 Å². The maximum absolute atomic E-state index is 6.78. The minimum Gasteiger partial charge on any atom is -0.454 e. The molecule has 9 aromatic rings. The van der Waals surface area contributed by atoms with Crippen molar-refractivity contribution in [3.05, 3.63) is 173 Å². The zero-order valence-electron chi connectivity index (χ0n) is 42.2. The zero-order chi connectivity index (χ0) is 47.2. The van der Waals surface area contributed by atoms with Crippen molar-refractivity contribution in [3.63, 3.8) is 0 Å². The van der Waals surface area contributed by atoms with Gasteiger partial charge in [0.05, 0.1) is 16.7 Å². The lowest BCUT2D eigenvalue weighted by atomic mass is 9.88. The number of aryl methyl sites for hydroxylation is 4. The molecule has 338 valence electrons. The molecule has 7 aromatic carbocycles. The molecule has 0 bridgehead atoms. The van der Waals surface area contributed by atoms with E-state index in [-0.39, 0.29) is 0 Å². The van der Waals surface area contributed by atoms with E-state index in [4.69, 9.17) is 4.42 Å². The summed E-state index contributed by atoms with van der Waals surface area (Å²) in [6.07, 6.45) is 5.77. The van der Waals surface area contributed by atoms with Crippen LogP contribution in [0.25, 0.3) is 71.7 Å². The minimum atomic E-state index is 0.934. The Hall–Kier alpha value is -5.86. The van der Waals surface area contributed by atoms with E-state index in [9.17, 15) is 0 Å². The Morgan fingerprint density at radius 2 is 0.859 bits per heavy atom. The Balaban J connectivity index is 0.000000363. The molecule has 0 fully saturated rings. The van der Waals surface area contributed by atoms with E-state index in [0.717, 1.165) is 47.9 Å². The number of nitrogens with zero attached hydrogens (tertiary/aromatic N) is 1. The fourth-order valence-electron chi connectivity index (χ4n) is 8.27. The van der Waals surface area contributed by atoms with Gasteiger partial charge in [-0.2, -0.15) is 0 Å². The van der Waals surface area contributed by atoms with E-state index in [0.29, 0.717) is 0 Å². The van der Waals surface area contributed by atoms with Gasteiger partial charge in [-0.05, 0) is 114 Å². The van der Waals surface area contributed by atoms with Gasteiger partial charge in [0, 0.05) is 21.5 Å². The normalized spacial score (nSPS) is 10.1. The fraction of sp³-hybridized carbons (Fsp3) is 0.323. The molecule has 64 heavy (non-hydrogen) atoms. The minimum absolute atomic E-state index is 0.934. The average molecular weight is 854 g/mol. The van der Waals surface area contributed by atoms with Crippen molar-refractivity contribution in [2.75, 3.05) is 0 Å². The van der Waals surface area contributed by atoms with Gasteiger partial charge in [-0.3, -0.25) is 0 Å². The predicted octanol–water partition coefficient (Wildman–Crippen LogP) is 20.1. The Kier molecular flexibility index (Phi) is 22.4. The van der Waals surface area contributed by atoms with Crippen molar-refractivity contribution < 1.29 is 4.42 Å². The first kappa shape index (κ1) is 52.5. The second kappa shape index (κ2) is 27.4. The molecule has 0 aliphatic rings. The lowest BCUT2D eigenvalue weighted by Crippen LogP contribution is -1.98. The summed E-state index contributed by atoms with van der Waals surface area (Å²) in [5.41, 5.74) is 17.6. The number of para-hydroxylation sites is 3. The largest absolute Gasteiger partial charge is 0.454 e. The smallest absolute Gasteiger partial charge is 0.159 e. The molecule has 9 rings (SSSR count). The van der Waals surface area contributed by atoms with Crippen molar-refractivity contribution in [2.45, 2.75) is 136 Å². The van der Waals surface area contributed by atoms with Gasteiger partial charge >= 0.3 is 0 Å². The Bertz CT molecular complexity index is 2660. The summed E-state index contributed by atoms with van der Waals surface area (Å²) in [6.45, 7) is 31.3. The van der Waals surface area contributed by atoms with Crippen LogP contribution >= 0.6 is 0 Å². The fourth-order valence-corrected chi connectivity index (χ4v) is 8.27. The number of benzene rings is 7. The molecule has 0 aliphatic carbocycles. The Labute approximate surface area is 388 Å². The van der Waals surface area contributed by atoms with Crippen molar-refractivity contribution in [2.24, 2.45) is 0 Å². The highest BCUT2D eigenvalue weighted by Gasteiger charge is 2.19. The molecule has 0 unspecified atom stereocenters. The maximum Gasteiger partial charge on any atom is 0.159 e. The van der Waals surface area contributed by atoms with Crippen LogP contribution < -0.4 is 0 Å². The van der Waals surface area contributed by atoms with Crippen LogP contribution in [0, 0.1) is 20.8 Å². The highest BCUT2D eigenvalue weighted by Crippen LogP contribution is 2.41. The van der Waals surface area contributed by atoms with Crippen LogP contribution in [-0.4, -0.2) is 4.57 Å². The number of rotatable bonds is 7. The molecule has 0 saturated carbocycles. The van der Waals surface area contributed by atoms with E-state index in [1.807, 2.05) is 55.4 Å². The van der Waals surface area contributed by atoms with Crippen LogP contribution in [0.15, 0.2) is 150 Å². The van der Waals surface area contributed by atoms with Crippen molar-refractivity contribution >= 4 is 43.7 Å². The Morgan fingerprint density at radius 3 is 1.38 bits per heavy atom. The van der Waals surface area contributed by atoms with Crippen LogP contribution in [-0.2, 0) is 12.8 Å². The standard InChI is InChI=1S/C37H33NO.C14H14.C3H8.4C2H6/c1-4-12-25-14-10-17-27(26(25)13-5-2)31-23-36-32(22-24(31)3)30-18-11-21-35(37(30)39-36)38-33-19-8-6-15-28(33)29-16-7-9-20-34(29)38;1-11-7-3-5-9-13(11)14-10-6-4-8-12(14)2;1-3-2;4*1-2/h6-11,14-23H,4-5,12-13H2,1-3H3;3-10H,1-2H3;3H2,1-2H3;4*1-2H3. The lowest BCUT2D eigenvalue weighted by Gasteiger charge is -2.16. The zero-order valence-corrected chi connectivity index (χ0v) is 42.2. The molecule has 0 N–H and O–H groups in total. The summed E-state index contributed by atoms with van der Waals surface area (Å²) < 4.78 is 9.14. The highest BCUT2D eigenvalue weighted by atomic mass is 16.3. The third-order valence-corrected chi connectivity index (χ3v) is 10.8. The third kappa shape index (κ3) is 11.8. The quantitative estimate of drug-likeness (QED) is 0.156. The van der Waals surface area contributed by atoms with Crippen molar-refractivity contribution in [1.82, 2.24) is 4.57 Å². The van der Waals surface area contributed by atoms with Gasteiger partial charge in [0.25, 0.3) is 0 Å². The third-order valence-electron chi connectivity index (χ3n) is 10.8. The summed E-state index contributed by atoms with van der Waals surface area (Å²) in [6, 6.07) is 52.3. The van der Waals surface area contributed by atoms with Gasteiger partial charge in [0.15, 0.2) is 5.58 Å². The Morgan fingerprint density at radius 1 is 0.406 bits per heavy atom. The summed E-state index contributed by atoms with van der Waals surface area (Å²) in [7, 11) is 0. The molecular formula is C62H79NO. The van der Waals surface area contributed by atoms with Gasteiger partial charge in [-0.15, -0.1) is 0 Å². The van der Waals surface area contributed by atoms with Gasteiger partial charge < -0.3 is 8.98 Å². The molecule has 2 heteroatoms. The van der Waals surface area contributed by atoms with E-state index in [1.165, 1.54) is 83.7 Å². The summed E-state index contributed by atoms with van der Waals surface area (Å²) in [5.74, 6) is 0. The monoisotopic (exact) mass is 854 g/mol. The molecule has 0 atom stereocenters. The number of aromatic nitrogens is 1. The van der Waals surface area contributed by atoms with Gasteiger partial charge in [-0.1, -0.05) is 218 Å².